The molecule has 2 rings (SSSR count). The van der Waals surface area contributed by atoms with Gasteiger partial charge in [0.15, 0.2) is 0 Å². The largest absolute Gasteiger partial charge is 0.351 e. The predicted molar refractivity (Wildman–Crippen MR) is 95.0 cm³/mol. The molecule has 0 heterocycles. The predicted octanol–water partition coefficient (Wildman–Crippen LogP) is 2.41. The quantitative estimate of drug-likeness (QED) is 0.782. The number of rotatable bonds is 8. The van der Waals surface area contributed by atoms with Gasteiger partial charge in [-0.15, -0.1) is 0 Å². The molecule has 25 heavy (non-hydrogen) atoms. The topological polar surface area (TPSA) is 66.5 Å². The van der Waals surface area contributed by atoms with Crippen LogP contribution in [0.1, 0.15) is 22.8 Å². The maximum Gasteiger partial charge on any atom is 0.251 e. The summed E-state index contributed by atoms with van der Waals surface area (Å²) in [6, 6.07) is 14.4. The molecule has 0 aliphatic heterocycles. The van der Waals surface area contributed by atoms with E-state index in [0.29, 0.717) is 13.1 Å². The Kier molecular flexibility index (Phi) is 6.66. The number of amides is 1. The van der Waals surface area contributed by atoms with Crippen LogP contribution < -0.4 is 5.32 Å². The molecule has 0 spiro atoms. The highest BCUT2D eigenvalue weighted by molar-refractivity contribution is 7.89. The van der Waals surface area contributed by atoms with Crippen molar-refractivity contribution in [2.24, 2.45) is 0 Å². The van der Waals surface area contributed by atoms with Gasteiger partial charge in [0.2, 0.25) is 10.0 Å². The minimum Gasteiger partial charge on any atom is -0.351 e. The van der Waals surface area contributed by atoms with Gasteiger partial charge < -0.3 is 5.32 Å². The molecule has 7 heteroatoms. The number of nitrogens with zero attached hydrogens (tertiary/aromatic N) is 1. The fraction of sp³-hybridized carbons (Fsp3) is 0.278. The summed E-state index contributed by atoms with van der Waals surface area (Å²) in [7, 11) is -3.50. The van der Waals surface area contributed by atoms with E-state index < -0.39 is 21.7 Å². The van der Waals surface area contributed by atoms with E-state index in [1.54, 1.807) is 6.92 Å². The number of carbonyl (C=O) groups is 1. The SMILES string of the molecule is CCN(Cc1ccccc1)S(=O)(=O)CCNC(=O)c1ccc(F)cc1. The first-order valence-electron chi connectivity index (χ1n) is 7.98. The summed E-state index contributed by atoms with van der Waals surface area (Å²) >= 11 is 0. The zero-order chi connectivity index (χ0) is 18.3. The van der Waals surface area contributed by atoms with Crippen LogP contribution in [0.3, 0.4) is 0 Å². The van der Waals surface area contributed by atoms with Crippen LogP contribution in [0.5, 0.6) is 0 Å². The van der Waals surface area contributed by atoms with Gasteiger partial charge in [0.05, 0.1) is 5.75 Å². The smallest absolute Gasteiger partial charge is 0.251 e. The molecule has 2 aromatic rings. The minimum absolute atomic E-state index is 0.0101. The maximum atomic E-state index is 12.8. The van der Waals surface area contributed by atoms with Gasteiger partial charge in [-0.3, -0.25) is 4.79 Å². The van der Waals surface area contributed by atoms with Crippen LogP contribution in [0.25, 0.3) is 0 Å². The first-order valence-corrected chi connectivity index (χ1v) is 9.59. The molecule has 0 aliphatic rings. The lowest BCUT2D eigenvalue weighted by Gasteiger charge is -2.20. The van der Waals surface area contributed by atoms with E-state index in [0.717, 1.165) is 5.56 Å². The Morgan fingerprint density at radius 3 is 2.32 bits per heavy atom. The Morgan fingerprint density at radius 1 is 1.08 bits per heavy atom. The van der Waals surface area contributed by atoms with Crippen molar-refractivity contribution in [1.29, 1.82) is 0 Å². The van der Waals surface area contributed by atoms with Crippen LogP contribution in [0, 0.1) is 5.82 Å². The van der Waals surface area contributed by atoms with Gasteiger partial charge in [-0.05, 0) is 29.8 Å². The molecule has 0 aliphatic carbocycles. The Balaban J connectivity index is 1.91. The van der Waals surface area contributed by atoms with Crippen molar-refractivity contribution in [3.8, 4) is 0 Å². The van der Waals surface area contributed by atoms with E-state index in [1.807, 2.05) is 30.3 Å². The van der Waals surface area contributed by atoms with Crippen molar-refractivity contribution in [2.45, 2.75) is 13.5 Å². The highest BCUT2D eigenvalue weighted by Gasteiger charge is 2.20. The molecular formula is C18H21FN2O3S. The molecule has 1 N–H and O–H groups in total. The van der Waals surface area contributed by atoms with Crippen molar-refractivity contribution in [3.05, 3.63) is 71.5 Å². The first-order chi connectivity index (χ1) is 11.9. The fourth-order valence-electron chi connectivity index (χ4n) is 2.32. The molecule has 0 saturated heterocycles. The molecule has 0 fully saturated rings. The number of halogens is 1. The molecular weight excluding hydrogens is 343 g/mol. The Bertz CT molecular complexity index is 793. The van der Waals surface area contributed by atoms with Crippen LogP contribution in [-0.2, 0) is 16.6 Å². The third-order valence-corrected chi connectivity index (χ3v) is 5.59. The van der Waals surface area contributed by atoms with E-state index in [2.05, 4.69) is 5.32 Å². The van der Waals surface area contributed by atoms with E-state index in [4.69, 9.17) is 0 Å². The highest BCUT2D eigenvalue weighted by Crippen LogP contribution is 2.09. The lowest BCUT2D eigenvalue weighted by Crippen LogP contribution is -2.37. The summed E-state index contributed by atoms with van der Waals surface area (Å²) in [5.41, 5.74) is 1.19. The summed E-state index contributed by atoms with van der Waals surface area (Å²) in [5, 5.41) is 2.55. The van der Waals surface area contributed by atoms with Crippen molar-refractivity contribution < 1.29 is 17.6 Å². The summed E-state index contributed by atoms with van der Waals surface area (Å²) in [6.45, 7) is 2.41. The molecule has 0 aromatic heterocycles. The van der Waals surface area contributed by atoms with Crippen LogP contribution >= 0.6 is 0 Å². The third kappa shape index (κ3) is 5.65. The fourth-order valence-corrected chi connectivity index (χ4v) is 3.68. The molecule has 1 amide bonds. The van der Waals surface area contributed by atoms with Gasteiger partial charge in [0.25, 0.3) is 5.91 Å². The van der Waals surface area contributed by atoms with Gasteiger partial charge >= 0.3 is 0 Å². The van der Waals surface area contributed by atoms with Crippen LogP contribution in [0.15, 0.2) is 54.6 Å². The van der Waals surface area contributed by atoms with Crippen LogP contribution in [0.4, 0.5) is 4.39 Å². The third-order valence-electron chi connectivity index (χ3n) is 3.70. The Hall–Kier alpha value is -2.25. The number of carbonyl (C=O) groups excluding carboxylic acids is 1. The van der Waals surface area contributed by atoms with Crippen molar-refractivity contribution in [1.82, 2.24) is 9.62 Å². The molecule has 0 radical (unpaired) electrons. The van der Waals surface area contributed by atoms with Gasteiger partial charge in [-0.1, -0.05) is 37.3 Å². The second-order valence-corrected chi connectivity index (χ2v) is 7.58. The van der Waals surface area contributed by atoms with E-state index in [9.17, 15) is 17.6 Å². The monoisotopic (exact) mass is 364 g/mol. The molecule has 5 nitrogen and oxygen atoms in total. The summed E-state index contributed by atoms with van der Waals surface area (Å²) in [6.07, 6.45) is 0. The molecule has 0 bridgehead atoms. The van der Waals surface area contributed by atoms with Crippen LogP contribution in [-0.4, -0.2) is 37.5 Å². The summed E-state index contributed by atoms with van der Waals surface area (Å²) in [5.74, 6) is -1.06. The maximum absolute atomic E-state index is 12.8. The van der Waals surface area contributed by atoms with E-state index in [1.165, 1.54) is 28.6 Å². The average Bonchev–Trinajstić information content (AvgIpc) is 2.60. The van der Waals surface area contributed by atoms with E-state index >= 15 is 0 Å². The molecule has 2 aromatic carbocycles. The van der Waals surface area contributed by atoms with Crippen molar-refractivity contribution in [3.63, 3.8) is 0 Å². The van der Waals surface area contributed by atoms with Crippen molar-refractivity contribution in [2.75, 3.05) is 18.8 Å². The number of benzene rings is 2. The first kappa shape index (κ1) is 19.1. The Morgan fingerprint density at radius 2 is 1.72 bits per heavy atom. The molecule has 0 unspecified atom stereocenters. The van der Waals surface area contributed by atoms with Gasteiger partial charge in [0, 0.05) is 25.2 Å². The van der Waals surface area contributed by atoms with E-state index in [-0.39, 0.29) is 17.9 Å². The highest BCUT2D eigenvalue weighted by atomic mass is 32.2. The zero-order valence-corrected chi connectivity index (χ0v) is 14.8. The second kappa shape index (κ2) is 8.73. The lowest BCUT2D eigenvalue weighted by molar-refractivity contribution is 0.0956. The molecule has 0 saturated carbocycles. The number of hydrogen-bond donors (Lipinski definition) is 1. The summed E-state index contributed by atoms with van der Waals surface area (Å²) < 4.78 is 39.1. The normalized spacial score (nSPS) is 11.5. The number of nitrogens with one attached hydrogen (secondary N) is 1. The van der Waals surface area contributed by atoms with Gasteiger partial charge in [-0.2, -0.15) is 4.31 Å². The van der Waals surface area contributed by atoms with Gasteiger partial charge in [0.1, 0.15) is 5.82 Å². The van der Waals surface area contributed by atoms with Gasteiger partial charge in [-0.25, -0.2) is 12.8 Å². The average molecular weight is 364 g/mol. The van der Waals surface area contributed by atoms with Crippen molar-refractivity contribution >= 4 is 15.9 Å². The Labute approximate surface area is 147 Å². The standard InChI is InChI=1S/C18H21FN2O3S/c1-2-21(14-15-6-4-3-5-7-15)25(23,24)13-12-20-18(22)16-8-10-17(19)11-9-16/h3-11H,2,12-14H2,1H3,(H,20,22). The van der Waals surface area contributed by atoms with Crippen LogP contribution in [0.2, 0.25) is 0 Å². The zero-order valence-electron chi connectivity index (χ0n) is 14.0. The number of sulfonamides is 1. The molecule has 0 atom stereocenters. The molecule has 134 valence electrons. The number of hydrogen-bond acceptors (Lipinski definition) is 3. The minimum atomic E-state index is -3.50. The summed E-state index contributed by atoms with van der Waals surface area (Å²) in [4.78, 5) is 11.9. The second-order valence-electron chi connectivity index (χ2n) is 5.49. The lowest BCUT2D eigenvalue weighted by atomic mass is 10.2.